The van der Waals surface area contributed by atoms with E-state index in [0.717, 1.165) is 15.6 Å². The van der Waals surface area contributed by atoms with E-state index in [1.807, 2.05) is 42.3 Å². The Bertz CT molecular complexity index is 673. The van der Waals surface area contributed by atoms with Gasteiger partial charge in [-0.2, -0.15) is 0 Å². The minimum absolute atomic E-state index is 0.0782. The van der Waals surface area contributed by atoms with E-state index in [9.17, 15) is 9.18 Å². The predicted molar refractivity (Wildman–Crippen MR) is 93.5 cm³/mol. The molecule has 122 valence electrons. The Labute approximate surface area is 144 Å². The highest BCUT2D eigenvalue weighted by atomic mass is 79.9. The molecule has 0 spiro atoms. The lowest BCUT2D eigenvalue weighted by molar-refractivity contribution is -0.122. The number of amides is 1. The summed E-state index contributed by atoms with van der Waals surface area (Å²) >= 11 is 3.40. The molecule has 0 aliphatic rings. The largest absolute Gasteiger partial charge is 0.351 e. The van der Waals surface area contributed by atoms with Gasteiger partial charge in [-0.1, -0.05) is 40.2 Å². The summed E-state index contributed by atoms with van der Waals surface area (Å²) in [6.07, 6.45) is 0. The molecular weight excluding hydrogens is 359 g/mol. The Hall–Kier alpha value is -1.72. The number of halogens is 2. The summed E-state index contributed by atoms with van der Waals surface area (Å²) in [7, 11) is 1.90. The van der Waals surface area contributed by atoms with Gasteiger partial charge in [0.2, 0.25) is 5.91 Å². The minimum atomic E-state index is -0.246. The van der Waals surface area contributed by atoms with Crippen LogP contribution < -0.4 is 5.32 Å². The van der Waals surface area contributed by atoms with Crippen LogP contribution in [0, 0.1) is 12.7 Å². The highest BCUT2D eigenvalue weighted by Gasteiger charge is 2.08. The number of hydrogen-bond acceptors (Lipinski definition) is 2. The highest BCUT2D eigenvalue weighted by Crippen LogP contribution is 2.12. The number of nitrogens with zero attached hydrogens (tertiary/aromatic N) is 1. The third-order valence-electron chi connectivity index (χ3n) is 3.51. The van der Waals surface area contributed by atoms with E-state index < -0.39 is 0 Å². The fourth-order valence-electron chi connectivity index (χ4n) is 2.21. The number of carbonyl (C=O) groups is 1. The van der Waals surface area contributed by atoms with Crippen molar-refractivity contribution in [1.29, 1.82) is 0 Å². The summed E-state index contributed by atoms with van der Waals surface area (Å²) in [5.74, 6) is -0.324. The second kappa shape index (κ2) is 8.22. The molecule has 0 heterocycles. The summed E-state index contributed by atoms with van der Waals surface area (Å²) in [4.78, 5) is 13.9. The summed E-state index contributed by atoms with van der Waals surface area (Å²) < 4.78 is 14.5. The summed E-state index contributed by atoms with van der Waals surface area (Å²) in [6.45, 7) is 3.04. The second-order valence-electron chi connectivity index (χ2n) is 5.66. The topological polar surface area (TPSA) is 32.3 Å². The molecule has 0 atom stereocenters. The maximum Gasteiger partial charge on any atom is 0.234 e. The molecule has 0 radical (unpaired) electrons. The Morgan fingerprint density at radius 3 is 2.48 bits per heavy atom. The van der Waals surface area contributed by atoms with Gasteiger partial charge in [0.15, 0.2) is 0 Å². The maximum atomic E-state index is 13.5. The predicted octanol–water partition coefficient (Wildman–Crippen LogP) is 3.64. The zero-order valence-corrected chi connectivity index (χ0v) is 14.9. The normalized spacial score (nSPS) is 10.8. The molecule has 5 heteroatoms. The number of hydrogen-bond donors (Lipinski definition) is 1. The van der Waals surface area contributed by atoms with Crippen LogP contribution in [0.2, 0.25) is 0 Å². The molecular formula is C18H20BrFN2O. The van der Waals surface area contributed by atoms with Crippen LogP contribution in [-0.2, 0) is 17.9 Å². The molecule has 0 aliphatic heterocycles. The van der Waals surface area contributed by atoms with Crippen molar-refractivity contribution in [2.24, 2.45) is 0 Å². The molecule has 0 aromatic heterocycles. The van der Waals surface area contributed by atoms with Gasteiger partial charge in [-0.05, 0) is 48.9 Å². The van der Waals surface area contributed by atoms with Crippen molar-refractivity contribution in [3.63, 3.8) is 0 Å². The zero-order chi connectivity index (χ0) is 16.8. The van der Waals surface area contributed by atoms with Crippen LogP contribution in [-0.4, -0.2) is 24.4 Å². The lowest BCUT2D eigenvalue weighted by Gasteiger charge is -2.16. The molecule has 2 aromatic rings. The number of nitrogens with one attached hydrogen (secondary N) is 1. The van der Waals surface area contributed by atoms with Crippen LogP contribution in [0.4, 0.5) is 4.39 Å². The van der Waals surface area contributed by atoms with Crippen molar-refractivity contribution in [3.8, 4) is 0 Å². The van der Waals surface area contributed by atoms with Crippen LogP contribution in [0.1, 0.15) is 16.7 Å². The maximum absolute atomic E-state index is 13.5. The first-order chi connectivity index (χ1) is 10.9. The van der Waals surface area contributed by atoms with Gasteiger partial charge in [0.05, 0.1) is 6.54 Å². The fourth-order valence-corrected chi connectivity index (χ4v) is 2.47. The first kappa shape index (κ1) is 17.6. The van der Waals surface area contributed by atoms with E-state index in [2.05, 4.69) is 21.2 Å². The third-order valence-corrected chi connectivity index (χ3v) is 4.03. The number of aryl methyl sites for hydroxylation is 1. The van der Waals surface area contributed by atoms with Crippen LogP contribution in [0.15, 0.2) is 46.9 Å². The Morgan fingerprint density at radius 1 is 1.17 bits per heavy atom. The van der Waals surface area contributed by atoms with Crippen LogP contribution in [0.5, 0.6) is 0 Å². The fraction of sp³-hybridized carbons (Fsp3) is 0.278. The van der Waals surface area contributed by atoms with E-state index in [0.29, 0.717) is 25.2 Å². The number of rotatable bonds is 6. The van der Waals surface area contributed by atoms with E-state index in [1.54, 1.807) is 13.0 Å². The van der Waals surface area contributed by atoms with Gasteiger partial charge in [-0.3, -0.25) is 9.69 Å². The molecule has 3 nitrogen and oxygen atoms in total. The van der Waals surface area contributed by atoms with E-state index in [4.69, 9.17) is 0 Å². The van der Waals surface area contributed by atoms with Crippen molar-refractivity contribution < 1.29 is 9.18 Å². The van der Waals surface area contributed by atoms with Gasteiger partial charge in [-0.15, -0.1) is 0 Å². The second-order valence-corrected chi connectivity index (χ2v) is 6.57. The van der Waals surface area contributed by atoms with Crippen LogP contribution >= 0.6 is 15.9 Å². The van der Waals surface area contributed by atoms with Gasteiger partial charge < -0.3 is 5.32 Å². The third kappa shape index (κ3) is 5.77. The molecule has 1 N–H and O–H groups in total. The molecule has 2 aromatic carbocycles. The summed E-state index contributed by atoms with van der Waals surface area (Å²) in [6, 6.07) is 13.0. The molecule has 2 rings (SSSR count). The van der Waals surface area contributed by atoms with E-state index in [1.165, 1.54) is 6.07 Å². The smallest absolute Gasteiger partial charge is 0.234 e. The van der Waals surface area contributed by atoms with Crippen molar-refractivity contribution in [1.82, 2.24) is 10.2 Å². The Morgan fingerprint density at radius 2 is 1.83 bits per heavy atom. The van der Waals surface area contributed by atoms with Crippen molar-refractivity contribution in [2.45, 2.75) is 20.0 Å². The van der Waals surface area contributed by atoms with E-state index in [-0.39, 0.29) is 11.7 Å². The summed E-state index contributed by atoms with van der Waals surface area (Å²) in [5.41, 5.74) is 2.51. The number of likely N-dealkylation sites (N-methyl/N-ethyl adjacent to an activating group) is 1. The average Bonchev–Trinajstić information content (AvgIpc) is 2.51. The molecule has 0 bridgehead atoms. The van der Waals surface area contributed by atoms with Crippen molar-refractivity contribution in [3.05, 3.63) is 69.4 Å². The van der Waals surface area contributed by atoms with Crippen molar-refractivity contribution in [2.75, 3.05) is 13.6 Å². The monoisotopic (exact) mass is 378 g/mol. The summed E-state index contributed by atoms with van der Waals surface area (Å²) in [5, 5.41) is 2.82. The lowest BCUT2D eigenvalue weighted by Crippen LogP contribution is -2.34. The van der Waals surface area contributed by atoms with E-state index >= 15 is 0 Å². The Balaban J connectivity index is 1.79. The zero-order valence-electron chi connectivity index (χ0n) is 13.3. The van der Waals surface area contributed by atoms with Gasteiger partial charge in [0.25, 0.3) is 0 Å². The van der Waals surface area contributed by atoms with Gasteiger partial charge in [0.1, 0.15) is 5.82 Å². The molecule has 0 saturated carbocycles. The van der Waals surface area contributed by atoms with Crippen molar-refractivity contribution >= 4 is 21.8 Å². The first-order valence-corrected chi connectivity index (χ1v) is 8.18. The number of benzene rings is 2. The lowest BCUT2D eigenvalue weighted by atomic mass is 10.1. The Kier molecular flexibility index (Phi) is 6.30. The SMILES string of the molecule is Cc1ccc(CNC(=O)CN(C)Cc2ccc(Br)cc2)cc1F. The first-order valence-electron chi connectivity index (χ1n) is 7.39. The molecule has 0 aliphatic carbocycles. The minimum Gasteiger partial charge on any atom is -0.351 e. The average molecular weight is 379 g/mol. The quantitative estimate of drug-likeness (QED) is 0.831. The molecule has 0 unspecified atom stereocenters. The molecule has 1 amide bonds. The molecule has 0 saturated heterocycles. The standard InChI is InChI=1S/C18H20BrFN2O/c1-13-3-4-15(9-17(13)20)10-21-18(23)12-22(2)11-14-5-7-16(19)8-6-14/h3-9H,10-12H2,1-2H3,(H,21,23). The highest BCUT2D eigenvalue weighted by molar-refractivity contribution is 9.10. The van der Waals surface area contributed by atoms with Crippen LogP contribution in [0.25, 0.3) is 0 Å². The van der Waals surface area contributed by atoms with Gasteiger partial charge >= 0.3 is 0 Å². The van der Waals surface area contributed by atoms with Gasteiger partial charge in [-0.25, -0.2) is 4.39 Å². The van der Waals surface area contributed by atoms with Crippen LogP contribution in [0.3, 0.4) is 0 Å². The molecule has 23 heavy (non-hydrogen) atoms. The van der Waals surface area contributed by atoms with Gasteiger partial charge in [0, 0.05) is 17.6 Å². The molecule has 0 fully saturated rings. The number of carbonyl (C=O) groups excluding carboxylic acids is 1.